The van der Waals surface area contributed by atoms with Crippen molar-refractivity contribution in [1.82, 2.24) is 0 Å². The number of rotatable bonds is 6. The monoisotopic (exact) mass is 609 g/mol. The third-order valence-corrected chi connectivity index (χ3v) is 9.98. The first-order chi connectivity index (χ1) is 23.2. The van der Waals surface area contributed by atoms with Gasteiger partial charge in [0.05, 0.1) is 6.04 Å². The maximum atomic E-state index is 6.49. The van der Waals surface area contributed by atoms with Crippen molar-refractivity contribution in [2.24, 2.45) is 0 Å². The fourth-order valence-electron chi connectivity index (χ4n) is 7.67. The van der Waals surface area contributed by atoms with E-state index in [9.17, 15) is 0 Å². The van der Waals surface area contributed by atoms with Crippen LogP contribution in [0.5, 0.6) is 0 Å². The number of fused-ring (bicyclic) bond motifs is 7. The molecule has 7 aromatic rings. The van der Waals surface area contributed by atoms with Crippen LogP contribution in [0.2, 0.25) is 0 Å². The Morgan fingerprint density at radius 1 is 0.638 bits per heavy atom. The Morgan fingerprint density at radius 2 is 1.26 bits per heavy atom. The third-order valence-electron chi connectivity index (χ3n) is 9.98. The number of furan rings is 2. The molecule has 5 aromatic carbocycles. The van der Waals surface area contributed by atoms with E-state index in [-0.39, 0.29) is 6.04 Å². The van der Waals surface area contributed by atoms with Crippen molar-refractivity contribution in [3.63, 3.8) is 0 Å². The normalized spacial score (nSPS) is 17.2. The Bertz CT molecular complexity index is 2400. The van der Waals surface area contributed by atoms with Crippen molar-refractivity contribution < 1.29 is 8.83 Å². The zero-order valence-corrected chi connectivity index (χ0v) is 26.6. The van der Waals surface area contributed by atoms with Crippen molar-refractivity contribution in [2.75, 3.05) is 4.90 Å². The predicted octanol–water partition coefficient (Wildman–Crippen LogP) is 12.1. The van der Waals surface area contributed by atoms with Crippen LogP contribution in [0.3, 0.4) is 0 Å². The Morgan fingerprint density at radius 3 is 1.96 bits per heavy atom. The van der Waals surface area contributed by atoms with Gasteiger partial charge in [-0.05, 0) is 82.8 Å². The van der Waals surface area contributed by atoms with Crippen molar-refractivity contribution in [1.29, 1.82) is 0 Å². The van der Waals surface area contributed by atoms with Crippen molar-refractivity contribution in [2.45, 2.75) is 38.6 Å². The highest BCUT2D eigenvalue weighted by molar-refractivity contribution is 6.08. The maximum Gasteiger partial charge on any atom is 0.135 e. The number of hydrogen-bond donors (Lipinski definition) is 0. The molecular weight excluding hydrogens is 574 g/mol. The Kier molecular flexibility index (Phi) is 6.53. The number of anilines is 1. The van der Waals surface area contributed by atoms with Gasteiger partial charge in [-0.3, -0.25) is 0 Å². The van der Waals surface area contributed by atoms with Gasteiger partial charge < -0.3 is 13.7 Å². The zero-order chi connectivity index (χ0) is 31.5. The van der Waals surface area contributed by atoms with Gasteiger partial charge in [0.2, 0.25) is 0 Å². The van der Waals surface area contributed by atoms with E-state index in [0.717, 1.165) is 62.6 Å². The summed E-state index contributed by atoms with van der Waals surface area (Å²) in [5, 5.41) is 3.41. The second-order valence-corrected chi connectivity index (χ2v) is 12.6. The summed E-state index contributed by atoms with van der Waals surface area (Å²) in [6.07, 6.45) is 13.2. The lowest BCUT2D eigenvalue weighted by Gasteiger charge is -2.30. The molecule has 0 radical (unpaired) electrons. The van der Waals surface area contributed by atoms with Crippen LogP contribution < -0.4 is 4.90 Å². The van der Waals surface area contributed by atoms with E-state index in [1.807, 2.05) is 0 Å². The fourth-order valence-corrected chi connectivity index (χ4v) is 7.67. The van der Waals surface area contributed by atoms with Gasteiger partial charge in [-0.15, -0.1) is 0 Å². The average Bonchev–Trinajstić information content (AvgIpc) is 3.79. The summed E-state index contributed by atoms with van der Waals surface area (Å²) >= 11 is 0. The fraction of sp³-hybridized carbons (Fsp3) is 0.136. The SMILES string of the molecule is CC/C(=C\c1c(CC)oc2ccc(-c3ccc4oc5ccc(-c6ccccc6)cc5c4c3)cc12)N1c2ccccc2C2C=CC=CC21. The number of benzene rings is 5. The average molecular weight is 610 g/mol. The molecule has 1 aliphatic carbocycles. The van der Waals surface area contributed by atoms with Crippen LogP contribution in [0.15, 0.2) is 148 Å². The molecule has 3 heteroatoms. The molecule has 2 aliphatic rings. The molecule has 0 spiro atoms. The van der Waals surface area contributed by atoms with Crippen LogP contribution in [0, 0.1) is 0 Å². The molecule has 0 amide bonds. The number of allylic oxidation sites excluding steroid dienone is 3. The molecule has 9 rings (SSSR count). The molecule has 0 N–H and O–H groups in total. The number of para-hydroxylation sites is 1. The lowest BCUT2D eigenvalue weighted by Crippen LogP contribution is -2.32. The first-order valence-corrected chi connectivity index (χ1v) is 16.7. The number of nitrogens with zero attached hydrogens (tertiary/aromatic N) is 1. The summed E-state index contributed by atoms with van der Waals surface area (Å²) in [5.41, 5.74) is 12.6. The number of hydrogen-bond acceptors (Lipinski definition) is 3. The molecule has 0 saturated heterocycles. The molecule has 2 unspecified atom stereocenters. The van der Waals surface area contributed by atoms with Crippen molar-refractivity contribution in [3.8, 4) is 22.3 Å². The predicted molar refractivity (Wildman–Crippen MR) is 196 cm³/mol. The lowest BCUT2D eigenvalue weighted by molar-refractivity contribution is 0.556. The van der Waals surface area contributed by atoms with E-state index in [2.05, 4.69) is 158 Å². The zero-order valence-electron chi connectivity index (χ0n) is 26.6. The van der Waals surface area contributed by atoms with Crippen molar-refractivity contribution >= 4 is 44.7 Å². The summed E-state index contributed by atoms with van der Waals surface area (Å²) in [5.74, 6) is 1.39. The van der Waals surface area contributed by atoms with Gasteiger partial charge >= 0.3 is 0 Å². The van der Waals surface area contributed by atoms with Crippen LogP contribution in [0.25, 0.3) is 61.2 Å². The summed E-state index contributed by atoms with van der Waals surface area (Å²) in [6.45, 7) is 4.44. The van der Waals surface area contributed by atoms with Crippen LogP contribution in [0.1, 0.15) is 43.1 Å². The standard InChI is InChI=1S/C44H35NO2/c1-3-32(45-39-16-10-8-14-33(39)34-15-9-11-17-40(34)45)27-38-37-26-31(19-22-42(37)46-41(38)4-2)30-20-23-44-36(25-30)35-24-29(18-21-43(35)47-44)28-12-6-5-7-13-28/h5-27,33,39H,3-4H2,1-2H3/b32-27+. The molecular formula is C44H35NO2. The van der Waals surface area contributed by atoms with E-state index in [1.54, 1.807) is 0 Å². The minimum absolute atomic E-state index is 0.279. The van der Waals surface area contributed by atoms with Gasteiger partial charge in [-0.2, -0.15) is 0 Å². The Balaban J connectivity index is 1.16. The summed E-state index contributed by atoms with van der Waals surface area (Å²) < 4.78 is 12.8. The summed E-state index contributed by atoms with van der Waals surface area (Å²) in [7, 11) is 0. The molecule has 228 valence electrons. The highest BCUT2D eigenvalue weighted by Crippen LogP contribution is 2.47. The molecule has 0 saturated carbocycles. The van der Waals surface area contributed by atoms with Gasteiger partial charge in [0, 0.05) is 45.4 Å². The molecule has 0 fully saturated rings. The lowest BCUT2D eigenvalue weighted by atomic mass is 9.91. The van der Waals surface area contributed by atoms with E-state index in [4.69, 9.17) is 8.83 Å². The van der Waals surface area contributed by atoms with Gasteiger partial charge in [0.1, 0.15) is 22.5 Å². The van der Waals surface area contributed by atoms with E-state index < -0.39 is 0 Å². The van der Waals surface area contributed by atoms with Gasteiger partial charge in [-0.1, -0.05) is 105 Å². The van der Waals surface area contributed by atoms with Gasteiger partial charge in [-0.25, -0.2) is 0 Å². The molecule has 0 bridgehead atoms. The van der Waals surface area contributed by atoms with E-state index >= 15 is 0 Å². The minimum Gasteiger partial charge on any atom is -0.460 e. The number of aryl methyl sites for hydroxylation is 1. The second-order valence-electron chi connectivity index (χ2n) is 12.6. The van der Waals surface area contributed by atoms with Gasteiger partial charge in [0.25, 0.3) is 0 Å². The van der Waals surface area contributed by atoms with Gasteiger partial charge in [0.15, 0.2) is 0 Å². The second kappa shape index (κ2) is 11.1. The quantitative estimate of drug-likeness (QED) is 0.188. The molecule has 3 heterocycles. The van der Waals surface area contributed by atoms with Crippen LogP contribution in [-0.4, -0.2) is 6.04 Å². The van der Waals surface area contributed by atoms with Crippen molar-refractivity contribution in [3.05, 3.63) is 156 Å². The molecule has 47 heavy (non-hydrogen) atoms. The minimum atomic E-state index is 0.279. The smallest absolute Gasteiger partial charge is 0.135 e. The molecule has 2 atom stereocenters. The topological polar surface area (TPSA) is 29.5 Å². The molecule has 2 aromatic heterocycles. The highest BCUT2D eigenvalue weighted by Gasteiger charge is 2.37. The van der Waals surface area contributed by atoms with Crippen LogP contribution >= 0.6 is 0 Å². The van der Waals surface area contributed by atoms with Crippen LogP contribution in [0.4, 0.5) is 5.69 Å². The molecule has 3 nitrogen and oxygen atoms in total. The third kappa shape index (κ3) is 4.49. The Hall–Kier alpha value is -5.54. The Labute approximate surface area is 274 Å². The maximum absolute atomic E-state index is 6.49. The van der Waals surface area contributed by atoms with E-state index in [1.165, 1.54) is 33.6 Å². The summed E-state index contributed by atoms with van der Waals surface area (Å²) in [6, 6.07) is 39.3. The highest BCUT2D eigenvalue weighted by atomic mass is 16.3. The first kappa shape index (κ1) is 27.7. The first-order valence-electron chi connectivity index (χ1n) is 16.7. The largest absolute Gasteiger partial charge is 0.460 e. The summed E-state index contributed by atoms with van der Waals surface area (Å²) in [4.78, 5) is 2.55. The molecule has 1 aliphatic heterocycles. The van der Waals surface area contributed by atoms with E-state index in [0.29, 0.717) is 5.92 Å². The van der Waals surface area contributed by atoms with Crippen LogP contribution in [-0.2, 0) is 6.42 Å².